The normalized spacial score (nSPS) is 12.2. The quantitative estimate of drug-likeness (QED) is 0.547. The Balaban J connectivity index is 1.72. The molecule has 2 aromatic rings. The van der Waals surface area contributed by atoms with Gasteiger partial charge in [-0.3, -0.25) is 25.2 Å². The first kappa shape index (κ1) is 22.7. The highest BCUT2D eigenvalue weighted by molar-refractivity contribution is 5.94. The van der Waals surface area contributed by atoms with E-state index < -0.39 is 24.0 Å². The topological polar surface area (TPSA) is 106 Å². The molecule has 0 saturated heterocycles. The highest BCUT2D eigenvalue weighted by atomic mass is 16.5. The van der Waals surface area contributed by atoms with Crippen molar-refractivity contribution in [2.45, 2.75) is 39.3 Å². The van der Waals surface area contributed by atoms with E-state index in [2.05, 4.69) is 16.2 Å². The maximum absolute atomic E-state index is 12.1. The van der Waals surface area contributed by atoms with Crippen LogP contribution in [0.4, 0.5) is 0 Å². The van der Waals surface area contributed by atoms with Crippen LogP contribution in [0.1, 0.15) is 37.6 Å². The third-order valence-electron chi connectivity index (χ3n) is 4.05. The second-order valence-electron chi connectivity index (χ2n) is 6.65. The fraction of sp³-hybridized carbons (Fsp3) is 0.318. The van der Waals surface area contributed by atoms with Gasteiger partial charge in [0.1, 0.15) is 11.5 Å². The van der Waals surface area contributed by atoms with Crippen molar-refractivity contribution in [3.05, 3.63) is 60.2 Å². The number of rotatable bonds is 9. The first-order chi connectivity index (χ1) is 14.4. The second kappa shape index (κ2) is 11.5. The Bertz CT molecular complexity index is 840. The van der Waals surface area contributed by atoms with Crippen LogP contribution in [0.2, 0.25) is 0 Å². The van der Waals surface area contributed by atoms with E-state index >= 15 is 0 Å². The first-order valence-electron chi connectivity index (χ1n) is 9.73. The standard InChI is InChI=1S/C22H27N3O5/c1-4-29-18-10-12-19(13-11-18)30-16(3)21(27)25-24-20(26)14-15(2)23-22(28)17-8-6-5-7-9-17/h5-13,15-16H,4,14H2,1-3H3,(H,23,28)(H,24,26)(H,25,27). The zero-order valence-electron chi connectivity index (χ0n) is 17.3. The third kappa shape index (κ3) is 7.46. The number of amides is 3. The summed E-state index contributed by atoms with van der Waals surface area (Å²) in [6.07, 6.45) is -0.814. The summed E-state index contributed by atoms with van der Waals surface area (Å²) in [5, 5.41) is 2.74. The molecule has 0 aromatic heterocycles. The molecular formula is C22H27N3O5. The molecular weight excluding hydrogens is 386 g/mol. The SMILES string of the molecule is CCOc1ccc(OC(C)C(=O)NNC(=O)CC(C)NC(=O)c2ccccc2)cc1. The molecule has 8 nitrogen and oxygen atoms in total. The zero-order valence-corrected chi connectivity index (χ0v) is 17.3. The predicted octanol–water partition coefficient (Wildman–Crippen LogP) is 2.21. The fourth-order valence-corrected chi connectivity index (χ4v) is 2.55. The molecule has 2 rings (SSSR count). The molecule has 0 bridgehead atoms. The summed E-state index contributed by atoms with van der Waals surface area (Å²) < 4.78 is 10.9. The van der Waals surface area contributed by atoms with E-state index in [4.69, 9.17) is 9.47 Å². The Morgan fingerprint density at radius 2 is 1.53 bits per heavy atom. The second-order valence-corrected chi connectivity index (χ2v) is 6.65. The number of hydrazine groups is 1. The Morgan fingerprint density at radius 1 is 0.900 bits per heavy atom. The molecule has 8 heteroatoms. The minimum absolute atomic E-state index is 0.00693. The van der Waals surface area contributed by atoms with Crippen LogP contribution in [0, 0.1) is 0 Å². The van der Waals surface area contributed by atoms with Crippen molar-refractivity contribution in [1.82, 2.24) is 16.2 Å². The van der Waals surface area contributed by atoms with E-state index in [1.54, 1.807) is 62.4 Å². The van der Waals surface area contributed by atoms with Gasteiger partial charge < -0.3 is 14.8 Å². The van der Waals surface area contributed by atoms with Crippen molar-refractivity contribution >= 4 is 17.7 Å². The van der Waals surface area contributed by atoms with Crippen molar-refractivity contribution in [1.29, 1.82) is 0 Å². The van der Waals surface area contributed by atoms with Crippen LogP contribution >= 0.6 is 0 Å². The highest BCUT2D eigenvalue weighted by Gasteiger charge is 2.17. The van der Waals surface area contributed by atoms with Gasteiger partial charge in [0.25, 0.3) is 11.8 Å². The van der Waals surface area contributed by atoms with E-state index in [0.29, 0.717) is 23.7 Å². The van der Waals surface area contributed by atoms with Gasteiger partial charge in [0.05, 0.1) is 6.61 Å². The molecule has 0 aliphatic heterocycles. The van der Waals surface area contributed by atoms with Crippen molar-refractivity contribution < 1.29 is 23.9 Å². The van der Waals surface area contributed by atoms with Gasteiger partial charge in [-0.2, -0.15) is 0 Å². The minimum atomic E-state index is -0.821. The summed E-state index contributed by atoms with van der Waals surface area (Å²) in [6, 6.07) is 15.2. The van der Waals surface area contributed by atoms with Crippen molar-refractivity contribution in [2.24, 2.45) is 0 Å². The molecule has 0 heterocycles. The predicted molar refractivity (Wildman–Crippen MR) is 112 cm³/mol. The molecule has 3 N–H and O–H groups in total. The zero-order chi connectivity index (χ0) is 21.9. The van der Waals surface area contributed by atoms with E-state index in [9.17, 15) is 14.4 Å². The fourth-order valence-electron chi connectivity index (χ4n) is 2.55. The molecule has 0 spiro atoms. The first-order valence-corrected chi connectivity index (χ1v) is 9.73. The number of ether oxygens (including phenoxy) is 2. The molecule has 30 heavy (non-hydrogen) atoms. The van der Waals surface area contributed by atoms with Crippen LogP contribution in [-0.2, 0) is 9.59 Å². The third-order valence-corrected chi connectivity index (χ3v) is 4.05. The smallest absolute Gasteiger partial charge is 0.279 e. The van der Waals surface area contributed by atoms with E-state index in [-0.39, 0.29) is 12.3 Å². The van der Waals surface area contributed by atoms with Crippen molar-refractivity contribution in [2.75, 3.05) is 6.61 Å². The van der Waals surface area contributed by atoms with Gasteiger partial charge in [0, 0.05) is 18.0 Å². The molecule has 0 aliphatic carbocycles. The molecule has 2 aromatic carbocycles. The van der Waals surface area contributed by atoms with Gasteiger partial charge in [-0.15, -0.1) is 0 Å². The molecule has 3 amide bonds. The van der Waals surface area contributed by atoms with Gasteiger partial charge in [-0.05, 0) is 57.2 Å². The van der Waals surface area contributed by atoms with Gasteiger partial charge in [0.2, 0.25) is 5.91 Å². The molecule has 0 fully saturated rings. The Kier molecular flexibility index (Phi) is 8.68. The van der Waals surface area contributed by atoms with Crippen molar-refractivity contribution in [3.8, 4) is 11.5 Å². The van der Waals surface area contributed by atoms with Crippen LogP contribution in [0.15, 0.2) is 54.6 Å². The number of carbonyl (C=O) groups excluding carboxylic acids is 3. The lowest BCUT2D eigenvalue weighted by atomic mass is 10.2. The Morgan fingerprint density at radius 3 is 2.17 bits per heavy atom. The summed E-state index contributed by atoms with van der Waals surface area (Å²) >= 11 is 0. The lowest BCUT2D eigenvalue weighted by molar-refractivity contribution is -0.132. The van der Waals surface area contributed by atoms with Crippen LogP contribution in [0.5, 0.6) is 11.5 Å². The Labute approximate surface area is 175 Å². The number of hydrogen-bond donors (Lipinski definition) is 3. The molecule has 0 saturated carbocycles. The highest BCUT2D eigenvalue weighted by Crippen LogP contribution is 2.18. The monoisotopic (exact) mass is 413 g/mol. The van der Waals surface area contributed by atoms with E-state index in [1.165, 1.54) is 0 Å². The van der Waals surface area contributed by atoms with Gasteiger partial charge >= 0.3 is 0 Å². The summed E-state index contributed by atoms with van der Waals surface area (Å²) in [4.78, 5) is 36.2. The molecule has 0 aliphatic rings. The molecule has 0 radical (unpaired) electrons. The van der Waals surface area contributed by atoms with Crippen LogP contribution < -0.4 is 25.6 Å². The maximum atomic E-state index is 12.1. The van der Waals surface area contributed by atoms with Crippen LogP contribution in [-0.4, -0.2) is 36.5 Å². The summed E-state index contributed by atoms with van der Waals surface area (Å²) in [5.74, 6) is 0.0142. The Hall–Kier alpha value is -3.55. The average Bonchev–Trinajstić information content (AvgIpc) is 2.74. The number of hydrogen-bond acceptors (Lipinski definition) is 5. The summed E-state index contributed by atoms with van der Waals surface area (Å²) in [7, 11) is 0. The van der Waals surface area contributed by atoms with E-state index in [0.717, 1.165) is 0 Å². The largest absolute Gasteiger partial charge is 0.494 e. The maximum Gasteiger partial charge on any atom is 0.279 e. The average molecular weight is 413 g/mol. The molecule has 2 atom stereocenters. The number of nitrogens with one attached hydrogen (secondary N) is 3. The molecule has 160 valence electrons. The van der Waals surface area contributed by atoms with Gasteiger partial charge in [-0.25, -0.2) is 0 Å². The summed E-state index contributed by atoms with van der Waals surface area (Å²) in [5.41, 5.74) is 5.17. The minimum Gasteiger partial charge on any atom is -0.494 e. The lowest BCUT2D eigenvalue weighted by Crippen LogP contribution is -2.48. The number of benzene rings is 2. The van der Waals surface area contributed by atoms with Gasteiger partial charge in [0.15, 0.2) is 6.10 Å². The van der Waals surface area contributed by atoms with Crippen molar-refractivity contribution in [3.63, 3.8) is 0 Å². The van der Waals surface area contributed by atoms with Crippen LogP contribution in [0.25, 0.3) is 0 Å². The lowest BCUT2D eigenvalue weighted by Gasteiger charge is -2.17. The molecule has 2 unspecified atom stereocenters. The van der Waals surface area contributed by atoms with Crippen LogP contribution in [0.3, 0.4) is 0 Å². The van der Waals surface area contributed by atoms with E-state index in [1.807, 2.05) is 13.0 Å². The summed E-state index contributed by atoms with van der Waals surface area (Å²) in [6.45, 7) is 5.73. The number of carbonyl (C=O) groups is 3. The van der Waals surface area contributed by atoms with Gasteiger partial charge in [-0.1, -0.05) is 18.2 Å².